The van der Waals surface area contributed by atoms with Gasteiger partial charge in [-0.3, -0.25) is 9.59 Å². The summed E-state index contributed by atoms with van der Waals surface area (Å²) < 4.78 is 10.8. The molecule has 0 atom stereocenters. The minimum Gasteiger partial charge on any atom is -0.491 e. The quantitative estimate of drug-likeness (QED) is 0.471. The lowest BCUT2D eigenvalue weighted by atomic mass is 10.2. The van der Waals surface area contributed by atoms with Gasteiger partial charge in [-0.25, -0.2) is 0 Å². The van der Waals surface area contributed by atoms with E-state index in [1.165, 1.54) is 0 Å². The summed E-state index contributed by atoms with van der Waals surface area (Å²) in [6.45, 7) is 5.66. The van der Waals surface area contributed by atoms with Gasteiger partial charge in [0.2, 0.25) is 11.8 Å². The smallest absolute Gasteiger partial charge is 0.243 e. The molecule has 156 valence electrons. The topological polar surface area (TPSA) is 88.7 Å². The highest BCUT2D eigenvalue weighted by molar-refractivity contribution is 5.94. The third-order valence-corrected chi connectivity index (χ3v) is 3.92. The van der Waals surface area contributed by atoms with Gasteiger partial charge in [0, 0.05) is 36.2 Å². The number of hydrogen-bond donors (Lipinski definition) is 3. The first-order valence-corrected chi connectivity index (χ1v) is 9.85. The first kappa shape index (κ1) is 22.2. The molecular formula is C22H29N3O4. The van der Waals surface area contributed by atoms with Crippen LogP contribution in [-0.2, 0) is 14.3 Å². The summed E-state index contributed by atoms with van der Waals surface area (Å²) in [7, 11) is 0. The maximum atomic E-state index is 12.2. The first-order valence-electron chi connectivity index (χ1n) is 9.85. The molecule has 7 nitrogen and oxygen atoms in total. The Morgan fingerprint density at radius 1 is 0.862 bits per heavy atom. The zero-order valence-electron chi connectivity index (χ0n) is 17.0. The van der Waals surface area contributed by atoms with Crippen LogP contribution in [0.25, 0.3) is 0 Å². The fraction of sp³-hybridized carbons (Fsp3) is 0.364. The van der Waals surface area contributed by atoms with E-state index in [-0.39, 0.29) is 18.4 Å². The van der Waals surface area contributed by atoms with Crippen molar-refractivity contribution in [1.82, 2.24) is 0 Å². The third kappa shape index (κ3) is 8.66. The van der Waals surface area contributed by atoms with Crippen molar-refractivity contribution in [3.8, 4) is 5.75 Å². The number of carbonyl (C=O) groups is 2. The van der Waals surface area contributed by atoms with Crippen molar-refractivity contribution < 1.29 is 19.1 Å². The average Bonchev–Trinajstić information content (AvgIpc) is 2.71. The van der Waals surface area contributed by atoms with E-state index in [1.807, 2.05) is 38.1 Å². The molecule has 0 aliphatic carbocycles. The molecule has 2 aromatic rings. The molecule has 0 aromatic heterocycles. The van der Waals surface area contributed by atoms with Gasteiger partial charge in [-0.2, -0.15) is 0 Å². The van der Waals surface area contributed by atoms with E-state index in [2.05, 4.69) is 16.0 Å². The molecule has 0 saturated carbocycles. The van der Waals surface area contributed by atoms with Crippen LogP contribution >= 0.6 is 0 Å². The van der Waals surface area contributed by atoms with Crippen LogP contribution in [0.3, 0.4) is 0 Å². The van der Waals surface area contributed by atoms with E-state index in [1.54, 1.807) is 24.3 Å². The Labute approximate surface area is 171 Å². The summed E-state index contributed by atoms with van der Waals surface area (Å²) >= 11 is 0. The summed E-state index contributed by atoms with van der Waals surface area (Å²) in [5.41, 5.74) is 2.20. The number of benzene rings is 2. The van der Waals surface area contributed by atoms with Gasteiger partial charge in [0.15, 0.2) is 0 Å². The molecule has 2 rings (SSSR count). The standard InChI is InChI=1S/C22H29N3O4/c1-3-6-21(26)24-18-11-9-17(10-12-18)23-16-22(27)25-19-7-5-8-20(15-19)29-14-13-28-4-2/h5,7-12,15,23H,3-4,6,13-14,16H2,1-2H3,(H,24,26)(H,25,27). The number of amides is 2. The van der Waals surface area contributed by atoms with Gasteiger partial charge >= 0.3 is 0 Å². The molecule has 0 bridgehead atoms. The Hall–Kier alpha value is -3.06. The summed E-state index contributed by atoms with van der Waals surface area (Å²) in [6.07, 6.45) is 1.31. The summed E-state index contributed by atoms with van der Waals surface area (Å²) in [6, 6.07) is 14.5. The Kier molecular flexibility index (Phi) is 9.51. The molecule has 0 aliphatic heterocycles. The fourth-order valence-electron chi connectivity index (χ4n) is 2.54. The molecule has 29 heavy (non-hydrogen) atoms. The summed E-state index contributed by atoms with van der Waals surface area (Å²) in [5.74, 6) is 0.504. The molecule has 0 radical (unpaired) electrons. The largest absolute Gasteiger partial charge is 0.491 e. The third-order valence-electron chi connectivity index (χ3n) is 3.92. The van der Waals surface area contributed by atoms with Crippen molar-refractivity contribution in [2.75, 3.05) is 42.3 Å². The molecule has 2 amide bonds. The highest BCUT2D eigenvalue weighted by Crippen LogP contribution is 2.18. The predicted molar refractivity (Wildman–Crippen MR) is 116 cm³/mol. The normalized spacial score (nSPS) is 10.3. The average molecular weight is 399 g/mol. The second-order valence-electron chi connectivity index (χ2n) is 6.35. The number of anilines is 3. The monoisotopic (exact) mass is 399 g/mol. The molecule has 0 spiro atoms. The van der Waals surface area contributed by atoms with Gasteiger partial charge in [-0.1, -0.05) is 13.0 Å². The number of carbonyl (C=O) groups excluding carboxylic acids is 2. The first-order chi connectivity index (χ1) is 14.1. The number of rotatable bonds is 12. The second-order valence-corrected chi connectivity index (χ2v) is 6.35. The maximum absolute atomic E-state index is 12.2. The Bertz CT molecular complexity index is 778. The van der Waals surface area contributed by atoms with E-state index in [9.17, 15) is 9.59 Å². The van der Waals surface area contributed by atoms with E-state index in [0.717, 1.165) is 17.8 Å². The SMILES string of the molecule is CCCC(=O)Nc1ccc(NCC(=O)Nc2cccc(OCCOCC)c2)cc1. The zero-order chi connectivity index (χ0) is 20.9. The van der Waals surface area contributed by atoms with E-state index >= 15 is 0 Å². The van der Waals surface area contributed by atoms with Crippen LogP contribution < -0.4 is 20.7 Å². The molecule has 3 N–H and O–H groups in total. The van der Waals surface area contributed by atoms with Crippen LogP contribution in [0.2, 0.25) is 0 Å². The predicted octanol–water partition coefficient (Wildman–Crippen LogP) is 3.89. The van der Waals surface area contributed by atoms with Gasteiger partial charge in [0.1, 0.15) is 12.4 Å². The summed E-state index contributed by atoms with van der Waals surface area (Å²) in [4.78, 5) is 23.8. The van der Waals surface area contributed by atoms with Crippen LogP contribution in [0, 0.1) is 0 Å². The highest BCUT2D eigenvalue weighted by atomic mass is 16.5. The van der Waals surface area contributed by atoms with Gasteiger partial charge in [0.25, 0.3) is 0 Å². The molecule has 2 aromatic carbocycles. The molecule has 0 saturated heterocycles. The molecular weight excluding hydrogens is 370 g/mol. The molecule has 0 aliphatic rings. The minimum atomic E-state index is -0.170. The zero-order valence-corrected chi connectivity index (χ0v) is 17.0. The van der Waals surface area contributed by atoms with E-state index in [0.29, 0.717) is 37.7 Å². The fourth-order valence-corrected chi connectivity index (χ4v) is 2.54. The molecule has 0 heterocycles. The van der Waals surface area contributed by atoms with Crippen molar-refractivity contribution in [2.24, 2.45) is 0 Å². The van der Waals surface area contributed by atoms with Crippen molar-refractivity contribution >= 4 is 28.9 Å². The van der Waals surface area contributed by atoms with Crippen molar-refractivity contribution in [1.29, 1.82) is 0 Å². The lowest BCUT2D eigenvalue weighted by Crippen LogP contribution is -2.21. The lowest BCUT2D eigenvalue weighted by molar-refractivity contribution is -0.116. The molecule has 0 unspecified atom stereocenters. The summed E-state index contributed by atoms with van der Waals surface area (Å²) in [5, 5.41) is 8.73. The number of ether oxygens (including phenoxy) is 2. The van der Waals surface area contributed by atoms with Crippen LogP contribution in [0.5, 0.6) is 5.75 Å². The van der Waals surface area contributed by atoms with Crippen molar-refractivity contribution in [2.45, 2.75) is 26.7 Å². The highest BCUT2D eigenvalue weighted by Gasteiger charge is 2.05. The number of hydrogen-bond acceptors (Lipinski definition) is 5. The Morgan fingerprint density at radius 3 is 2.31 bits per heavy atom. The van der Waals surface area contributed by atoms with Gasteiger partial charge in [-0.05, 0) is 49.7 Å². The van der Waals surface area contributed by atoms with Crippen LogP contribution in [0.15, 0.2) is 48.5 Å². The second kappa shape index (κ2) is 12.4. The van der Waals surface area contributed by atoms with Gasteiger partial charge in [0.05, 0.1) is 13.2 Å². The lowest BCUT2D eigenvalue weighted by Gasteiger charge is -2.11. The van der Waals surface area contributed by atoms with Gasteiger partial charge in [-0.15, -0.1) is 0 Å². The maximum Gasteiger partial charge on any atom is 0.243 e. The molecule has 7 heteroatoms. The van der Waals surface area contributed by atoms with Crippen LogP contribution in [-0.4, -0.2) is 38.2 Å². The van der Waals surface area contributed by atoms with Crippen LogP contribution in [0.1, 0.15) is 26.7 Å². The van der Waals surface area contributed by atoms with Crippen molar-refractivity contribution in [3.63, 3.8) is 0 Å². The van der Waals surface area contributed by atoms with Crippen LogP contribution in [0.4, 0.5) is 17.1 Å². The Balaban J connectivity index is 1.77. The van der Waals surface area contributed by atoms with Gasteiger partial charge < -0.3 is 25.4 Å². The number of nitrogens with one attached hydrogen (secondary N) is 3. The van der Waals surface area contributed by atoms with E-state index < -0.39 is 0 Å². The van der Waals surface area contributed by atoms with E-state index in [4.69, 9.17) is 9.47 Å². The minimum absolute atomic E-state index is 0.00307. The van der Waals surface area contributed by atoms with Crippen molar-refractivity contribution in [3.05, 3.63) is 48.5 Å². The Morgan fingerprint density at radius 2 is 1.59 bits per heavy atom. The molecule has 0 fully saturated rings.